The van der Waals surface area contributed by atoms with Crippen LogP contribution >= 0.6 is 0 Å². The number of hydrogen-bond acceptors (Lipinski definition) is 4. The van der Waals surface area contributed by atoms with Gasteiger partial charge in [-0.15, -0.1) is 0 Å². The number of H-pyrrole nitrogens is 2. The monoisotopic (exact) mass is 395 g/mol. The topological polar surface area (TPSA) is 104 Å². The highest BCUT2D eigenvalue weighted by Gasteiger charge is 2.18. The number of esters is 1. The SMILES string of the molecule is CCCCc1ccc(CC(=O)O[C@H](C)C(=O)Nc2ccc3[nH]c(=O)[nH]c3c2)cc1. The summed E-state index contributed by atoms with van der Waals surface area (Å²) >= 11 is 0. The van der Waals surface area contributed by atoms with Crippen LogP contribution in [0.15, 0.2) is 47.3 Å². The van der Waals surface area contributed by atoms with Crippen LogP contribution in [-0.4, -0.2) is 27.9 Å². The minimum Gasteiger partial charge on any atom is -0.452 e. The number of carbonyl (C=O) groups excluding carboxylic acids is 2. The number of aryl methyl sites for hydroxylation is 1. The Morgan fingerprint density at radius 1 is 1.03 bits per heavy atom. The summed E-state index contributed by atoms with van der Waals surface area (Å²) in [6.07, 6.45) is 2.49. The van der Waals surface area contributed by atoms with Crippen LogP contribution in [0, 0.1) is 0 Å². The molecule has 0 radical (unpaired) electrons. The van der Waals surface area contributed by atoms with Gasteiger partial charge in [-0.2, -0.15) is 0 Å². The number of rotatable bonds is 8. The van der Waals surface area contributed by atoms with E-state index in [1.54, 1.807) is 18.2 Å². The molecule has 1 heterocycles. The number of anilines is 1. The summed E-state index contributed by atoms with van der Waals surface area (Å²) in [6, 6.07) is 12.9. The van der Waals surface area contributed by atoms with Crippen molar-refractivity contribution in [2.75, 3.05) is 5.32 Å². The van der Waals surface area contributed by atoms with E-state index in [0.717, 1.165) is 24.8 Å². The summed E-state index contributed by atoms with van der Waals surface area (Å²) in [4.78, 5) is 41.1. The van der Waals surface area contributed by atoms with Crippen LogP contribution in [-0.2, 0) is 27.2 Å². The number of carbonyl (C=O) groups is 2. The Bertz CT molecular complexity index is 1050. The van der Waals surface area contributed by atoms with Gasteiger partial charge in [-0.3, -0.25) is 9.59 Å². The van der Waals surface area contributed by atoms with Crippen molar-refractivity contribution in [3.8, 4) is 0 Å². The van der Waals surface area contributed by atoms with Gasteiger partial charge in [-0.05, 0) is 49.1 Å². The average molecular weight is 395 g/mol. The first-order valence-corrected chi connectivity index (χ1v) is 9.75. The Hall–Kier alpha value is -3.35. The predicted octanol–water partition coefficient (Wildman–Crippen LogP) is 3.31. The second-order valence-corrected chi connectivity index (χ2v) is 7.06. The third kappa shape index (κ3) is 5.57. The Balaban J connectivity index is 1.52. The molecule has 7 heteroatoms. The molecule has 3 N–H and O–H groups in total. The lowest BCUT2D eigenvalue weighted by molar-refractivity contribution is -0.152. The lowest BCUT2D eigenvalue weighted by Crippen LogP contribution is -2.30. The highest BCUT2D eigenvalue weighted by Crippen LogP contribution is 2.15. The standard InChI is InChI=1S/C22H25N3O4/c1-3-4-5-15-6-8-16(9-7-15)12-20(26)29-14(2)21(27)23-17-10-11-18-19(13-17)25-22(28)24-18/h6-11,13-14H,3-5,12H2,1-2H3,(H,23,27)(H2,24,25,28)/t14-/m1/s1. The normalized spacial score (nSPS) is 11.9. The second kappa shape index (κ2) is 9.23. The molecular formula is C22H25N3O4. The summed E-state index contributed by atoms with van der Waals surface area (Å²) < 4.78 is 5.26. The van der Waals surface area contributed by atoms with Crippen molar-refractivity contribution in [3.05, 3.63) is 64.1 Å². The van der Waals surface area contributed by atoms with E-state index in [1.807, 2.05) is 24.3 Å². The number of amides is 1. The molecular weight excluding hydrogens is 370 g/mol. The van der Waals surface area contributed by atoms with Crippen LogP contribution in [0.5, 0.6) is 0 Å². The number of aromatic nitrogens is 2. The number of fused-ring (bicyclic) bond motifs is 1. The molecule has 3 aromatic rings. The minimum absolute atomic E-state index is 0.113. The third-order valence-electron chi connectivity index (χ3n) is 4.65. The van der Waals surface area contributed by atoms with Gasteiger partial charge in [0, 0.05) is 5.69 Å². The number of hydrogen-bond donors (Lipinski definition) is 3. The molecule has 29 heavy (non-hydrogen) atoms. The van der Waals surface area contributed by atoms with E-state index in [1.165, 1.54) is 12.5 Å². The number of unbranched alkanes of at least 4 members (excludes halogenated alkanes) is 1. The highest BCUT2D eigenvalue weighted by atomic mass is 16.5. The lowest BCUT2D eigenvalue weighted by Gasteiger charge is -2.14. The molecule has 0 aliphatic heterocycles. The Morgan fingerprint density at radius 3 is 2.45 bits per heavy atom. The van der Waals surface area contributed by atoms with E-state index in [-0.39, 0.29) is 12.1 Å². The number of benzene rings is 2. The fraction of sp³-hybridized carbons (Fsp3) is 0.318. The van der Waals surface area contributed by atoms with Gasteiger partial charge in [-0.1, -0.05) is 37.6 Å². The third-order valence-corrected chi connectivity index (χ3v) is 4.65. The minimum atomic E-state index is -0.938. The van der Waals surface area contributed by atoms with E-state index in [9.17, 15) is 14.4 Å². The van der Waals surface area contributed by atoms with Crippen molar-refractivity contribution < 1.29 is 14.3 Å². The summed E-state index contributed by atoms with van der Waals surface area (Å²) in [5, 5.41) is 2.69. The lowest BCUT2D eigenvalue weighted by atomic mass is 10.1. The Labute approximate surface area is 168 Å². The molecule has 152 valence electrons. The Kier molecular flexibility index (Phi) is 6.49. The van der Waals surface area contributed by atoms with Crippen LogP contribution in [0.3, 0.4) is 0 Å². The first kappa shape index (κ1) is 20.4. The zero-order chi connectivity index (χ0) is 20.8. The number of imidazole rings is 1. The molecule has 1 atom stereocenters. The summed E-state index contributed by atoms with van der Waals surface area (Å²) in [5.74, 6) is -0.898. The fourth-order valence-electron chi connectivity index (χ4n) is 3.02. The van der Waals surface area contributed by atoms with Gasteiger partial charge in [0.15, 0.2) is 6.10 Å². The van der Waals surface area contributed by atoms with Gasteiger partial charge in [0.05, 0.1) is 17.5 Å². The average Bonchev–Trinajstić information content (AvgIpc) is 3.06. The maximum absolute atomic E-state index is 12.3. The summed E-state index contributed by atoms with van der Waals surface area (Å²) in [7, 11) is 0. The van der Waals surface area contributed by atoms with E-state index in [2.05, 4.69) is 22.2 Å². The molecule has 3 rings (SSSR count). The van der Waals surface area contributed by atoms with Crippen molar-refractivity contribution in [1.82, 2.24) is 9.97 Å². The van der Waals surface area contributed by atoms with E-state index < -0.39 is 18.0 Å². The van der Waals surface area contributed by atoms with E-state index in [0.29, 0.717) is 16.7 Å². The first-order chi connectivity index (χ1) is 13.9. The van der Waals surface area contributed by atoms with E-state index in [4.69, 9.17) is 4.74 Å². The number of ether oxygens (including phenoxy) is 1. The van der Waals surface area contributed by atoms with E-state index >= 15 is 0 Å². The Morgan fingerprint density at radius 2 is 1.72 bits per heavy atom. The van der Waals surface area contributed by atoms with Crippen molar-refractivity contribution in [1.29, 1.82) is 0 Å². The summed E-state index contributed by atoms with van der Waals surface area (Å²) in [6.45, 7) is 3.68. The fourth-order valence-corrected chi connectivity index (χ4v) is 3.02. The molecule has 0 bridgehead atoms. The van der Waals surface area contributed by atoms with Gasteiger partial charge in [0.2, 0.25) is 0 Å². The zero-order valence-corrected chi connectivity index (χ0v) is 16.6. The maximum Gasteiger partial charge on any atom is 0.323 e. The molecule has 0 saturated heterocycles. The van der Waals surface area contributed by atoms with Crippen molar-refractivity contribution in [2.24, 2.45) is 0 Å². The maximum atomic E-state index is 12.3. The van der Waals surface area contributed by atoms with Crippen LogP contribution < -0.4 is 11.0 Å². The molecule has 0 aliphatic rings. The number of aromatic amines is 2. The molecule has 7 nitrogen and oxygen atoms in total. The van der Waals surface area contributed by atoms with Crippen LogP contribution in [0.2, 0.25) is 0 Å². The quantitative estimate of drug-likeness (QED) is 0.509. The van der Waals surface area contributed by atoms with Gasteiger partial charge in [-0.25, -0.2) is 4.79 Å². The highest BCUT2D eigenvalue weighted by molar-refractivity contribution is 5.96. The smallest absolute Gasteiger partial charge is 0.323 e. The molecule has 1 aromatic heterocycles. The molecule has 0 aliphatic carbocycles. The molecule has 2 aromatic carbocycles. The molecule has 0 fully saturated rings. The largest absolute Gasteiger partial charge is 0.452 e. The van der Waals surface area contributed by atoms with Crippen LogP contribution in [0.1, 0.15) is 37.8 Å². The van der Waals surface area contributed by atoms with Crippen molar-refractivity contribution in [2.45, 2.75) is 45.6 Å². The van der Waals surface area contributed by atoms with Gasteiger partial charge < -0.3 is 20.0 Å². The van der Waals surface area contributed by atoms with Gasteiger partial charge >= 0.3 is 11.7 Å². The summed E-state index contributed by atoms with van der Waals surface area (Å²) in [5.41, 5.74) is 3.52. The molecule has 1 amide bonds. The first-order valence-electron chi connectivity index (χ1n) is 9.75. The second-order valence-electron chi connectivity index (χ2n) is 7.06. The van der Waals surface area contributed by atoms with Crippen LogP contribution in [0.4, 0.5) is 5.69 Å². The van der Waals surface area contributed by atoms with Gasteiger partial charge in [0.1, 0.15) is 0 Å². The molecule has 0 saturated carbocycles. The number of nitrogens with one attached hydrogen (secondary N) is 3. The predicted molar refractivity (Wildman–Crippen MR) is 112 cm³/mol. The molecule has 0 spiro atoms. The van der Waals surface area contributed by atoms with Gasteiger partial charge in [0.25, 0.3) is 5.91 Å². The van der Waals surface area contributed by atoms with Crippen LogP contribution in [0.25, 0.3) is 11.0 Å². The van der Waals surface area contributed by atoms with Crippen molar-refractivity contribution >= 4 is 28.6 Å². The zero-order valence-electron chi connectivity index (χ0n) is 16.6. The van der Waals surface area contributed by atoms with Crippen molar-refractivity contribution in [3.63, 3.8) is 0 Å². The molecule has 0 unspecified atom stereocenters.